The van der Waals surface area contributed by atoms with Gasteiger partial charge in [0.2, 0.25) is 0 Å². The van der Waals surface area contributed by atoms with Crippen LogP contribution in [0.5, 0.6) is 5.75 Å². The van der Waals surface area contributed by atoms with Gasteiger partial charge in [-0.15, -0.1) is 0 Å². The van der Waals surface area contributed by atoms with E-state index in [1.54, 1.807) is 43.6 Å². The first-order chi connectivity index (χ1) is 11.5. The summed E-state index contributed by atoms with van der Waals surface area (Å²) in [5, 5.41) is 0.836. The average Bonchev–Trinajstić information content (AvgIpc) is 3.04. The van der Waals surface area contributed by atoms with E-state index < -0.39 is 5.63 Å². The van der Waals surface area contributed by atoms with E-state index in [4.69, 9.17) is 13.6 Å². The number of carbonyl (C=O) groups is 1. The molecule has 6 heteroatoms. The van der Waals surface area contributed by atoms with Crippen molar-refractivity contribution >= 4 is 16.9 Å². The van der Waals surface area contributed by atoms with Crippen LogP contribution in [-0.2, 0) is 11.3 Å². The average molecular weight is 327 g/mol. The maximum Gasteiger partial charge on any atom is 0.336 e. The molecule has 0 bridgehead atoms. The van der Waals surface area contributed by atoms with Gasteiger partial charge in [-0.2, -0.15) is 0 Å². The molecule has 0 spiro atoms. The zero-order chi connectivity index (χ0) is 17.1. The van der Waals surface area contributed by atoms with Gasteiger partial charge in [-0.1, -0.05) is 0 Å². The van der Waals surface area contributed by atoms with Crippen molar-refractivity contribution in [2.24, 2.45) is 0 Å². The summed E-state index contributed by atoms with van der Waals surface area (Å²) in [6.45, 7) is 2.10. The molecule has 3 rings (SSSR count). The molecule has 0 radical (unpaired) electrons. The van der Waals surface area contributed by atoms with Crippen LogP contribution in [-0.4, -0.2) is 24.5 Å². The molecule has 0 atom stereocenters. The molecule has 24 heavy (non-hydrogen) atoms. The quantitative estimate of drug-likeness (QED) is 0.674. The van der Waals surface area contributed by atoms with Crippen LogP contribution in [0, 0.1) is 6.92 Å². The largest absolute Gasteiger partial charge is 0.484 e. The third kappa shape index (κ3) is 3.48. The normalized spacial score (nSPS) is 10.8. The Morgan fingerprint density at radius 2 is 2.08 bits per heavy atom. The first kappa shape index (κ1) is 15.9. The number of hydrogen-bond donors (Lipinski definition) is 0. The molecule has 0 aliphatic heterocycles. The lowest BCUT2D eigenvalue weighted by molar-refractivity contribution is -0.132. The number of benzene rings is 1. The minimum Gasteiger partial charge on any atom is -0.484 e. The fourth-order valence-electron chi connectivity index (χ4n) is 2.37. The zero-order valence-corrected chi connectivity index (χ0v) is 13.4. The van der Waals surface area contributed by atoms with E-state index in [0.29, 0.717) is 23.6 Å². The number of hydrogen-bond acceptors (Lipinski definition) is 5. The van der Waals surface area contributed by atoms with Gasteiger partial charge in [0.05, 0.1) is 12.8 Å². The minimum atomic E-state index is -0.411. The van der Waals surface area contributed by atoms with Crippen molar-refractivity contribution < 1.29 is 18.4 Å². The number of furan rings is 1. The lowest BCUT2D eigenvalue weighted by Gasteiger charge is -2.16. The van der Waals surface area contributed by atoms with Crippen LogP contribution in [0.1, 0.15) is 11.3 Å². The maximum absolute atomic E-state index is 12.1. The van der Waals surface area contributed by atoms with Gasteiger partial charge in [-0.25, -0.2) is 4.79 Å². The van der Waals surface area contributed by atoms with Crippen molar-refractivity contribution in [3.63, 3.8) is 0 Å². The first-order valence-corrected chi connectivity index (χ1v) is 7.46. The third-order valence-electron chi connectivity index (χ3n) is 3.68. The number of carbonyl (C=O) groups excluding carboxylic acids is 1. The molecule has 3 aromatic rings. The van der Waals surface area contributed by atoms with Crippen LogP contribution in [0.4, 0.5) is 0 Å². The van der Waals surface area contributed by atoms with Gasteiger partial charge in [0.25, 0.3) is 5.91 Å². The molecule has 6 nitrogen and oxygen atoms in total. The van der Waals surface area contributed by atoms with E-state index in [9.17, 15) is 9.59 Å². The molecule has 2 aromatic heterocycles. The van der Waals surface area contributed by atoms with Crippen molar-refractivity contribution in [3.8, 4) is 5.75 Å². The summed E-state index contributed by atoms with van der Waals surface area (Å²) in [4.78, 5) is 25.1. The number of likely N-dealkylation sites (N-methyl/N-ethyl adjacent to an activating group) is 1. The maximum atomic E-state index is 12.1. The van der Waals surface area contributed by atoms with Crippen LogP contribution >= 0.6 is 0 Å². The molecule has 0 fully saturated rings. The highest BCUT2D eigenvalue weighted by atomic mass is 16.5. The van der Waals surface area contributed by atoms with Gasteiger partial charge < -0.3 is 18.5 Å². The number of rotatable bonds is 5. The molecule has 0 N–H and O–H groups in total. The number of fused-ring (bicyclic) bond motifs is 1. The summed E-state index contributed by atoms with van der Waals surface area (Å²) in [7, 11) is 1.68. The van der Waals surface area contributed by atoms with E-state index in [1.165, 1.54) is 11.0 Å². The number of nitrogens with zero attached hydrogens (tertiary/aromatic N) is 1. The molecular weight excluding hydrogens is 310 g/mol. The Hall–Kier alpha value is -3.02. The molecule has 0 saturated heterocycles. The summed E-state index contributed by atoms with van der Waals surface area (Å²) in [5.41, 5.74) is 0.863. The fraction of sp³-hybridized carbons (Fsp3) is 0.222. The second-order valence-corrected chi connectivity index (χ2v) is 5.52. The Kier molecular flexibility index (Phi) is 4.37. The van der Waals surface area contributed by atoms with Crippen LogP contribution in [0.15, 0.2) is 56.3 Å². The molecule has 0 aliphatic rings. The summed E-state index contributed by atoms with van der Waals surface area (Å²) in [6, 6.07) is 10.2. The molecule has 0 aliphatic carbocycles. The Labute approximate surface area is 138 Å². The molecule has 2 heterocycles. The molecular formula is C18H17NO5. The van der Waals surface area contributed by atoms with Crippen molar-refractivity contribution in [2.75, 3.05) is 13.7 Å². The Morgan fingerprint density at radius 3 is 2.83 bits per heavy atom. The van der Waals surface area contributed by atoms with Crippen molar-refractivity contribution in [1.82, 2.24) is 4.90 Å². The van der Waals surface area contributed by atoms with Crippen molar-refractivity contribution in [1.29, 1.82) is 0 Å². The fourth-order valence-corrected chi connectivity index (χ4v) is 2.37. The Bertz CT molecular complexity index is 911. The lowest BCUT2D eigenvalue weighted by Crippen LogP contribution is -2.30. The summed E-state index contributed by atoms with van der Waals surface area (Å²) >= 11 is 0. The molecule has 0 unspecified atom stereocenters. The molecule has 0 saturated carbocycles. The van der Waals surface area contributed by atoms with Gasteiger partial charge in [0.1, 0.15) is 17.1 Å². The standard InChI is InChI=1S/C18H17NO5/c1-12-8-18(21)24-16-9-13(5-6-15(12)16)23-11-17(20)19(2)10-14-4-3-7-22-14/h3-9H,10-11H2,1-2H3. The van der Waals surface area contributed by atoms with E-state index in [0.717, 1.165) is 10.9 Å². The summed E-state index contributed by atoms with van der Waals surface area (Å²) < 4.78 is 15.9. The highest BCUT2D eigenvalue weighted by Gasteiger charge is 2.12. The molecule has 1 amide bonds. The van der Waals surface area contributed by atoms with E-state index >= 15 is 0 Å². The van der Waals surface area contributed by atoms with Gasteiger partial charge in [0, 0.05) is 24.6 Å². The van der Waals surface area contributed by atoms with Crippen LogP contribution < -0.4 is 10.4 Å². The monoisotopic (exact) mass is 327 g/mol. The van der Waals surface area contributed by atoms with Crippen LogP contribution in [0.25, 0.3) is 11.0 Å². The van der Waals surface area contributed by atoms with Crippen LogP contribution in [0.2, 0.25) is 0 Å². The SMILES string of the molecule is Cc1cc(=O)oc2cc(OCC(=O)N(C)Cc3ccco3)ccc12. The van der Waals surface area contributed by atoms with Crippen LogP contribution in [0.3, 0.4) is 0 Å². The van der Waals surface area contributed by atoms with Crippen molar-refractivity contribution in [2.45, 2.75) is 13.5 Å². The van der Waals surface area contributed by atoms with E-state index in [2.05, 4.69) is 0 Å². The smallest absolute Gasteiger partial charge is 0.336 e. The van der Waals surface area contributed by atoms with Gasteiger partial charge in [-0.05, 0) is 36.8 Å². The summed E-state index contributed by atoms with van der Waals surface area (Å²) in [5.74, 6) is 0.988. The van der Waals surface area contributed by atoms with Gasteiger partial charge in [0.15, 0.2) is 6.61 Å². The highest BCUT2D eigenvalue weighted by molar-refractivity contribution is 5.81. The third-order valence-corrected chi connectivity index (χ3v) is 3.68. The number of aryl methyl sites for hydroxylation is 1. The minimum absolute atomic E-state index is 0.112. The predicted octanol–water partition coefficient (Wildman–Crippen LogP) is 2.73. The number of ether oxygens (including phenoxy) is 1. The van der Waals surface area contributed by atoms with E-state index in [-0.39, 0.29) is 12.5 Å². The highest BCUT2D eigenvalue weighted by Crippen LogP contribution is 2.22. The van der Waals surface area contributed by atoms with E-state index in [1.807, 2.05) is 6.92 Å². The summed E-state index contributed by atoms with van der Waals surface area (Å²) in [6.07, 6.45) is 1.56. The topological polar surface area (TPSA) is 72.9 Å². The number of amides is 1. The Balaban J connectivity index is 1.66. The van der Waals surface area contributed by atoms with Gasteiger partial charge >= 0.3 is 5.63 Å². The molecule has 1 aromatic carbocycles. The predicted molar refractivity (Wildman–Crippen MR) is 87.9 cm³/mol. The Morgan fingerprint density at radius 1 is 1.25 bits per heavy atom. The molecule has 124 valence electrons. The zero-order valence-electron chi connectivity index (χ0n) is 13.4. The van der Waals surface area contributed by atoms with Gasteiger partial charge in [-0.3, -0.25) is 4.79 Å². The second-order valence-electron chi connectivity index (χ2n) is 5.52. The lowest BCUT2D eigenvalue weighted by atomic mass is 10.1. The first-order valence-electron chi connectivity index (χ1n) is 7.46. The van der Waals surface area contributed by atoms with Crippen molar-refractivity contribution in [3.05, 3.63) is 64.4 Å². The second kappa shape index (κ2) is 6.62.